The highest BCUT2D eigenvalue weighted by molar-refractivity contribution is 6.32. The fraction of sp³-hybridized carbons (Fsp3) is 0.318. The second-order valence-electron chi connectivity index (χ2n) is 7.05. The molecule has 2 nitrogen and oxygen atoms in total. The van der Waals surface area contributed by atoms with Crippen molar-refractivity contribution in [1.29, 1.82) is 0 Å². The van der Waals surface area contributed by atoms with E-state index in [9.17, 15) is 0 Å². The van der Waals surface area contributed by atoms with Crippen LogP contribution in [0.4, 0.5) is 0 Å². The molecule has 1 unspecified atom stereocenters. The molecule has 0 bridgehead atoms. The number of hydrogen-bond donors (Lipinski definition) is 0. The molecule has 26 heavy (non-hydrogen) atoms. The smallest absolute Gasteiger partial charge is 0.205 e. The van der Waals surface area contributed by atoms with E-state index < -0.39 is 0 Å². The molecule has 0 saturated heterocycles. The third-order valence-electron chi connectivity index (χ3n) is 5.38. The Kier molecular flexibility index (Phi) is 5.33. The third-order valence-corrected chi connectivity index (χ3v) is 5.84. The van der Waals surface area contributed by atoms with Crippen molar-refractivity contribution < 1.29 is 0 Å². The van der Waals surface area contributed by atoms with Gasteiger partial charge in [0.05, 0.1) is 6.04 Å². The summed E-state index contributed by atoms with van der Waals surface area (Å²) < 4.78 is 1.94. The highest BCUT2D eigenvalue weighted by Gasteiger charge is 2.21. The number of halogens is 2. The Morgan fingerprint density at radius 2 is 1.50 bits per heavy atom. The zero-order valence-corrected chi connectivity index (χ0v) is 16.1. The van der Waals surface area contributed by atoms with Gasteiger partial charge in [-0.1, -0.05) is 85.5 Å². The van der Waals surface area contributed by atoms with Crippen LogP contribution in [-0.4, -0.2) is 9.55 Å². The van der Waals surface area contributed by atoms with Crippen molar-refractivity contribution in [1.82, 2.24) is 9.55 Å². The van der Waals surface area contributed by atoms with Crippen molar-refractivity contribution in [2.45, 2.75) is 44.1 Å². The zero-order valence-electron chi connectivity index (χ0n) is 14.6. The largest absolute Gasteiger partial charge is 0.309 e. The zero-order chi connectivity index (χ0) is 17.9. The summed E-state index contributed by atoms with van der Waals surface area (Å²) in [7, 11) is 0. The summed E-state index contributed by atoms with van der Waals surface area (Å²) in [5.74, 6) is 0.708. The summed E-state index contributed by atoms with van der Waals surface area (Å²) in [6.45, 7) is 0. The number of aromatic nitrogens is 2. The Hall–Kier alpha value is -1.77. The molecule has 0 N–H and O–H groups in total. The van der Waals surface area contributed by atoms with E-state index in [1.54, 1.807) is 6.20 Å². The van der Waals surface area contributed by atoms with Crippen LogP contribution in [0.3, 0.4) is 0 Å². The van der Waals surface area contributed by atoms with Gasteiger partial charge in [-0.05, 0) is 47.1 Å². The van der Waals surface area contributed by atoms with Gasteiger partial charge < -0.3 is 4.57 Å². The van der Waals surface area contributed by atoms with Gasteiger partial charge in [-0.2, -0.15) is 0 Å². The minimum Gasteiger partial charge on any atom is -0.309 e. The van der Waals surface area contributed by atoms with E-state index in [0.29, 0.717) is 16.4 Å². The first-order valence-corrected chi connectivity index (χ1v) is 10.0. The highest BCUT2D eigenvalue weighted by atomic mass is 35.5. The molecule has 134 valence electrons. The minimum absolute atomic E-state index is 0.0379. The highest BCUT2D eigenvalue weighted by Crippen LogP contribution is 2.35. The van der Waals surface area contributed by atoms with E-state index in [0.717, 1.165) is 5.56 Å². The Labute approximate surface area is 164 Å². The molecular formula is C22H22Cl2N2. The van der Waals surface area contributed by atoms with Crippen molar-refractivity contribution in [2.24, 2.45) is 0 Å². The molecule has 1 aliphatic rings. The second kappa shape index (κ2) is 7.85. The van der Waals surface area contributed by atoms with E-state index in [1.807, 2.05) is 22.8 Å². The lowest BCUT2D eigenvalue weighted by atomic mass is 9.83. The molecule has 0 radical (unpaired) electrons. The van der Waals surface area contributed by atoms with Crippen LogP contribution >= 0.6 is 23.2 Å². The predicted molar refractivity (Wildman–Crippen MR) is 108 cm³/mol. The Morgan fingerprint density at radius 1 is 0.846 bits per heavy atom. The average molecular weight is 385 g/mol. The molecular weight excluding hydrogens is 363 g/mol. The van der Waals surface area contributed by atoms with Crippen molar-refractivity contribution in [3.63, 3.8) is 0 Å². The molecule has 1 fully saturated rings. The number of benzene rings is 2. The standard InChI is InChI=1S/C22H22Cl2N2/c23-20-15-26(22(24)25-20)21(18-9-5-2-6-10-18)19-13-11-17(12-14-19)16-7-3-1-4-8-16/h2,5-6,9-16,21H,1,3-4,7-8H2. The number of nitrogens with zero attached hydrogens (tertiary/aromatic N) is 2. The van der Waals surface area contributed by atoms with Gasteiger partial charge in [0.25, 0.3) is 0 Å². The molecule has 2 aromatic carbocycles. The quantitative estimate of drug-likeness (QED) is 0.479. The first-order valence-electron chi connectivity index (χ1n) is 9.27. The first-order chi connectivity index (χ1) is 12.7. The molecule has 1 atom stereocenters. The molecule has 0 aliphatic heterocycles. The molecule has 0 amide bonds. The Balaban J connectivity index is 1.71. The van der Waals surface area contributed by atoms with Gasteiger partial charge >= 0.3 is 0 Å². The van der Waals surface area contributed by atoms with Gasteiger partial charge in [0, 0.05) is 6.20 Å². The van der Waals surface area contributed by atoms with E-state index >= 15 is 0 Å². The molecule has 3 aromatic rings. The van der Waals surface area contributed by atoms with Crippen LogP contribution in [0.1, 0.15) is 60.8 Å². The van der Waals surface area contributed by atoms with Crippen molar-refractivity contribution >= 4 is 23.2 Å². The monoisotopic (exact) mass is 384 g/mol. The van der Waals surface area contributed by atoms with Crippen molar-refractivity contribution in [2.75, 3.05) is 0 Å². The molecule has 1 aromatic heterocycles. The average Bonchev–Trinajstić information content (AvgIpc) is 3.02. The van der Waals surface area contributed by atoms with Gasteiger partial charge in [-0.25, -0.2) is 4.98 Å². The summed E-state index contributed by atoms with van der Waals surface area (Å²) in [5.41, 5.74) is 3.80. The number of rotatable bonds is 4. The van der Waals surface area contributed by atoms with Gasteiger partial charge in [0.2, 0.25) is 5.28 Å². The van der Waals surface area contributed by atoms with Gasteiger partial charge in [0.15, 0.2) is 0 Å². The van der Waals surface area contributed by atoms with Crippen LogP contribution in [0.25, 0.3) is 0 Å². The third kappa shape index (κ3) is 3.67. The lowest BCUT2D eigenvalue weighted by Gasteiger charge is -2.24. The van der Waals surface area contributed by atoms with Crippen LogP contribution in [0.5, 0.6) is 0 Å². The van der Waals surface area contributed by atoms with E-state index in [2.05, 4.69) is 41.4 Å². The number of imidazole rings is 1. The van der Waals surface area contributed by atoms with Crippen LogP contribution in [0.2, 0.25) is 10.4 Å². The maximum atomic E-state index is 6.36. The van der Waals surface area contributed by atoms with E-state index in [1.165, 1.54) is 43.2 Å². The van der Waals surface area contributed by atoms with Crippen molar-refractivity contribution in [3.8, 4) is 0 Å². The summed E-state index contributed by atoms with van der Waals surface area (Å²) in [6, 6.07) is 19.3. The van der Waals surface area contributed by atoms with E-state index in [-0.39, 0.29) is 6.04 Å². The molecule has 1 aliphatic carbocycles. The fourth-order valence-electron chi connectivity index (χ4n) is 4.06. The first kappa shape index (κ1) is 17.6. The lowest BCUT2D eigenvalue weighted by Crippen LogP contribution is -2.12. The van der Waals surface area contributed by atoms with Crippen molar-refractivity contribution in [3.05, 3.63) is 87.9 Å². The molecule has 4 heteroatoms. The maximum absolute atomic E-state index is 6.36. The molecule has 1 heterocycles. The minimum atomic E-state index is -0.0379. The summed E-state index contributed by atoms with van der Waals surface area (Å²) in [4.78, 5) is 4.17. The summed E-state index contributed by atoms with van der Waals surface area (Å²) in [6.07, 6.45) is 8.50. The Morgan fingerprint density at radius 3 is 2.12 bits per heavy atom. The lowest BCUT2D eigenvalue weighted by molar-refractivity contribution is 0.443. The maximum Gasteiger partial charge on any atom is 0.205 e. The predicted octanol–water partition coefficient (Wildman–Crippen LogP) is 6.88. The summed E-state index contributed by atoms with van der Waals surface area (Å²) >= 11 is 12.5. The normalized spacial score (nSPS) is 16.5. The second-order valence-corrected chi connectivity index (χ2v) is 7.78. The van der Waals surface area contributed by atoms with Crippen LogP contribution in [-0.2, 0) is 0 Å². The fourth-order valence-corrected chi connectivity index (χ4v) is 4.53. The summed E-state index contributed by atoms with van der Waals surface area (Å²) in [5, 5.41) is 0.815. The molecule has 1 saturated carbocycles. The van der Waals surface area contributed by atoms with Crippen LogP contribution in [0.15, 0.2) is 60.8 Å². The topological polar surface area (TPSA) is 17.8 Å². The molecule has 4 rings (SSSR count). The van der Waals surface area contributed by atoms with E-state index in [4.69, 9.17) is 23.2 Å². The SMILES string of the molecule is Clc1cn(C(c2ccccc2)c2ccc(C3CCCCC3)cc2)c(Cl)n1. The number of hydrogen-bond acceptors (Lipinski definition) is 1. The van der Waals surface area contributed by atoms with Crippen LogP contribution in [0, 0.1) is 0 Å². The van der Waals surface area contributed by atoms with Gasteiger partial charge in [-0.15, -0.1) is 0 Å². The van der Waals surface area contributed by atoms with Gasteiger partial charge in [-0.3, -0.25) is 0 Å². The Bertz CT molecular complexity index is 850. The van der Waals surface area contributed by atoms with Crippen LogP contribution < -0.4 is 0 Å². The van der Waals surface area contributed by atoms with Gasteiger partial charge in [0.1, 0.15) is 5.15 Å². The molecule has 0 spiro atoms.